The van der Waals surface area contributed by atoms with Crippen molar-refractivity contribution < 1.29 is 23.0 Å². The molecule has 0 amide bonds. The van der Waals surface area contributed by atoms with Crippen molar-refractivity contribution in [2.75, 3.05) is 13.7 Å². The summed E-state index contributed by atoms with van der Waals surface area (Å²) in [5.74, 6) is -0.437. The van der Waals surface area contributed by atoms with Crippen LogP contribution < -0.4 is 0 Å². The number of aliphatic hydroxyl groups is 1. The van der Waals surface area contributed by atoms with Crippen molar-refractivity contribution in [2.24, 2.45) is 5.92 Å². The maximum Gasteiger partial charge on any atom is 0.434 e. The van der Waals surface area contributed by atoms with Crippen LogP contribution in [-0.2, 0) is 10.9 Å². The largest absolute Gasteiger partial charge is 0.481 e. The molecule has 2 N–H and O–H groups in total. The van der Waals surface area contributed by atoms with Crippen LogP contribution in [0.2, 0.25) is 0 Å². The van der Waals surface area contributed by atoms with Crippen LogP contribution >= 0.6 is 0 Å². The van der Waals surface area contributed by atoms with Crippen molar-refractivity contribution in [1.29, 1.82) is 5.41 Å². The van der Waals surface area contributed by atoms with E-state index in [-0.39, 0.29) is 18.3 Å². The first-order chi connectivity index (χ1) is 13.3. The Hall–Kier alpha value is -2.68. The van der Waals surface area contributed by atoms with E-state index in [2.05, 4.69) is 14.8 Å². The van der Waals surface area contributed by atoms with Gasteiger partial charge in [0.05, 0.1) is 31.2 Å². The number of nitrogens with zero attached hydrogens (tertiary/aromatic N) is 3. The van der Waals surface area contributed by atoms with Crippen LogP contribution in [0.1, 0.15) is 43.1 Å². The summed E-state index contributed by atoms with van der Waals surface area (Å²) < 4.78 is 46.3. The molecule has 150 valence electrons. The number of pyridine rings is 1. The third-order valence-electron chi connectivity index (χ3n) is 4.96. The Labute approximate surface area is 160 Å². The van der Waals surface area contributed by atoms with Gasteiger partial charge >= 0.3 is 6.18 Å². The molecule has 28 heavy (non-hydrogen) atoms. The van der Waals surface area contributed by atoms with E-state index in [4.69, 9.17) is 5.41 Å². The van der Waals surface area contributed by atoms with E-state index in [0.29, 0.717) is 16.8 Å². The molecule has 0 fully saturated rings. The normalized spacial score (nSPS) is 17.7. The smallest absolute Gasteiger partial charge is 0.434 e. The number of hydrogen-bond donors (Lipinski definition) is 2. The molecule has 1 unspecified atom stereocenters. The topological polar surface area (TPSA) is 84.0 Å². The standard InChI is InChI=1S/C19H21F3N4O2/c1-11-5-3-6-12(14(11)10-27)15-7-4-8-16(25-15)26-17(19(20,21)22)13(9-24-26)18(23)28-2/h4,7-9,11,23,27H,3,5-6,10H2,1-2H3. The van der Waals surface area contributed by atoms with Gasteiger partial charge in [-0.3, -0.25) is 5.41 Å². The molecule has 2 aromatic rings. The number of aromatic nitrogens is 3. The van der Waals surface area contributed by atoms with Gasteiger partial charge in [0, 0.05) is 0 Å². The highest BCUT2D eigenvalue weighted by Gasteiger charge is 2.40. The third-order valence-corrected chi connectivity index (χ3v) is 4.96. The first-order valence-corrected chi connectivity index (χ1v) is 8.86. The number of halogens is 3. The minimum atomic E-state index is -4.75. The number of rotatable bonds is 4. The van der Waals surface area contributed by atoms with E-state index in [9.17, 15) is 18.3 Å². The summed E-state index contributed by atoms with van der Waals surface area (Å²) in [4.78, 5) is 4.39. The summed E-state index contributed by atoms with van der Waals surface area (Å²) in [6, 6.07) is 4.76. The first kappa shape index (κ1) is 20.1. The Morgan fingerprint density at radius 3 is 2.79 bits per heavy atom. The molecule has 3 rings (SSSR count). The zero-order valence-electron chi connectivity index (χ0n) is 15.5. The van der Waals surface area contributed by atoms with Crippen molar-refractivity contribution in [3.8, 4) is 5.82 Å². The Morgan fingerprint density at radius 1 is 1.39 bits per heavy atom. The second-order valence-corrected chi connectivity index (χ2v) is 6.69. The minimum Gasteiger partial charge on any atom is -0.481 e. The quantitative estimate of drug-likeness (QED) is 0.610. The van der Waals surface area contributed by atoms with Crippen molar-refractivity contribution in [3.63, 3.8) is 0 Å². The highest BCUT2D eigenvalue weighted by atomic mass is 19.4. The Balaban J connectivity index is 2.14. The summed E-state index contributed by atoms with van der Waals surface area (Å²) >= 11 is 0. The summed E-state index contributed by atoms with van der Waals surface area (Å²) in [6.45, 7) is 1.92. The summed E-state index contributed by atoms with van der Waals surface area (Å²) in [5, 5.41) is 21.2. The van der Waals surface area contributed by atoms with Crippen LogP contribution in [0.25, 0.3) is 11.4 Å². The van der Waals surface area contributed by atoms with Gasteiger partial charge in [0.25, 0.3) is 0 Å². The molecular weight excluding hydrogens is 373 g/mol. The zero-order valence-corrected chi connectivity index (χ0v) is 15.5. The number of aliphatic hydroxyl groups excluding tert-OH is 1. The van der Waals surface area contributed by atoms with E-state index in [1.165, 1.54) is 6.07 Å². The lowest BCUT2D eigenvalue weighted by molar-refractivity contribution is -0.143. The summed E-state index contributed by atoms with van der Waals surface area (Å²) in [5.41, 5.74) is 0.698. The van der Waals surface area contributed by atoms with Gasteiger partial charge in [0.1, 0.15) is 0 Å². The minimum absolute atomic E-state index is 0.0111. The molecule has 0 saturated heterocycles. The predicted octanol–water partition coefficient (Wildman–Crippen LogP) is 3.82. The van der Waals surface area contributed by atoms with Gasteiger partial charge in [-0.15, -0.1) is 0 Å². The molecule has 6 nitrogen and oxygen atoms in total. The third kappa shape index (κ3) is 3.66. The molecule has 0 aromatic carbocycles. The lowest BCUT2D eigenvalue weighted by Crippen LogP contribution is -2.19. The SMILES string of the molecule is COC(=N)c1cnn(-c2cccc(C3=C(CO)C(C)CCC3)n2)c1C(F)(F)F. The molecule has 9 heteroatoms. The number of methoxy groups -OCH3 is 1. The van der Waals surface area contributed by atoms with Crippen LogP contribution in [0, 0.1) is 11.3 Å². The molecule has 0 radical (unpaired) electrons. The van der Waals surface area contributed by atoms with Gasteiger partial charge in [-0.25, -0.2) is 9.67 Å². The van der Waals surface area contributed by atoms with E-state index < -0.39 is 23.3 Å². The average molecular weight is 394 g/mol. The summed E-state index contributed by atoms with van der Waals surface area (Å²) in [6.07, 6.45) is -1.20. The van der Waals surface area contributed by atoms with Crippen molar-refractivity contribution in [1.82, 2.24) is 14.8 Å². The maximum absolute atomic E-state index is 13.7. The van der Waals surface area contributed by atoms with Gasteiger partial charge in [-0.2, -0.15) is 18.3 Å². The maximum atomic E-state index is 13.7. The van der Waals surface area contributed by atoms with E-state index in [0.717, 1.165) is 37.3 Å². The Kier molecular flexibility index (Phi) is 5.55. The van der Waals surface area contributed by atoms with Gasteiger partial charge in [0.15, 0.2) is 11.5 Å². The second kappa shape index (κ2) is 7.75. The van der Waals surface area contributed by atoms with E-state index in [1.54, 1.807) is 12.1 Å². The zero-order chi connectivity index (χ0) is 20.5. The van der Waals surface area contributed by atoms with E-state index in [1.807, 2.05) is 6.92 Å². The monoisotopic (exact) mass is 394 g/mol. The first-order valence-electron chi connectivity index (χ1n) is 8.86. The highest BCUT2D eigenvalue weighted by Crippen LogP contribution is 2.36. The van der Waals surface area contributed by atoms with Crippen LogP contribution in [0.15, 0.2) is 30.0 Å². The van der Waals surface area contributed by atoms with Crippen LogP contribution in [0.3, 0.4) is 0 Å². The number of hydrogen-bond acceptors (Lipinski definition) is 5. The van der Waals surface area contributed by atoms with Gasteiger partial charge < -0.3 is 9.84 Å². The molecule has 0 aliphatic heterocycles. The molecule has 0 spiro atoms. The Bertz CT molecular complexity index is 918. The van der Waals surface area contributed by atoms with Crippen molar-refractivity contribution >= 4 is 11.5 Å². The molecule has 0 bridgehead atoms. The molecule has 2 heterocycles. The molecule has 2 aromatic heterocycles. The molecule has 0 saturated carbocycles. The van der Waals surface area contributed by atoms with Crippen LogP contribution in [-0.4, -0.2) is 39.5 Å². The average Bonchev–Trinajstić information content (AvgIpc) is 3.13. The van der Waals surface area contributed by atoms with Gasteiger partial charge in [0.2, 0.25) is 5.90 Å². The molecular formula is C19H21F3N4O2. The number of ether oxygens (including phenoxy) is 1. The number of allylic oxidation sites excluding steroid dienone is 1. The highest BCUT2D eigenvalue weighted by molar-refractivity contribution is 5.92. The van der Waals surface area contributed by atoms with Gasteiger partial charge in [-0.1, -0.05) is 13.0 Å². The number of alkyl halides is 3. The summed E-state index contributed by atoms with van der Waals surface area (Å²) in [7, 11) is 1.13. The lowest BCUT2D eigenvalue weighted by atomic mass is 9.83. The predicted molar refractivity (Wildman–Crippen MR) is 97.2 cm³/mol. The fourth-order valence-electron chi connectivity index (χ4n) is 3.54. The van der Waals surface area contributed by atoms with Crippen molar-refractivity contribution in [3.05, 3.63) is 46.9 Å². The molecule has 1 atom stereocenters. The molecule has 1 aliphatic rings. The van der Waals surface area contributed by atoms with Crippen LogP contribution in [0.4, 0.5) is 13.2 Å². The van der Waals surface area contributed by atoms with Crippen LogP contribution in [0.5, 0.6) is 0 Å². The fraction of sp³-hybridized carbons (Fsp3) is 0.421. The lowest BCUT2D eigenvalue weighted by Gasteiger charge is -2.25. The van der Waals surface area contributed by atoms with Crippen molar-refractivity contribution in [2.45, 2.75) is 32.4 Å². The van der Waals surface area contributed by atoms with Gasteiger partial charge in [-0.05, 0) is 48.5 Å². The second-order valence-electron chi connectivity index (χ2n) is 6.69. The Morgan fingerprint density at radius 2 is 2.14 bits per heavy atom. The number of nitrogens with one attached hydrogen (secondary N) is 1. The fourth-order valence-corrected chi connectivity index (χ4v) is 3.54. The van der Waals surface area contributed by atoms with E-state index >= 15 is 0 Å². The molecule has 1 aliphatic carbocycles.